The second-order valence-corrected chi connectivity index (χ2v) is 9.84. The van der Waals surface area contributed by atoms with Crippen molar-refractivity contribution in [3.8, 4) is 0 Å². The number of fused-ring (bicyclic) bond motifs is 1. The summed E-state index contributed by atoms with van der Waals surface area (Å²) in [5.41, 5.74) is 2.49. The van der Waals surface area contributed by atoms with Gasteiger partial charge in [0.05, 0.1) is 12.4 Å². The van der Waals surface area contributed by atoms with E-state index in [1.54, 1.807) is 7.11 Å². The molecule has 124 valence electrons. The average molecular weight is 338 g/mol. The number of hydrogen-bond acceptors (Lipinski definition) is 2. The minimum atomic E-state index is -2.55. The third-order valence-corrected chi connectivity index (χ3v) is 9.25. The Bertz CT molecular complexity index is 795. The predicted octanol–water partition coefficient (Wildman–Crippen LogP) is 5.75. The molecular formula is C21H23O2P. The van der Waals surface area contributed by atoms with Crippen LogP contribution in [0.3, 0.4) is 0 Å². The van der Waals surface area contributed by atoms with Crippen LogP contribution in [0.15, 0.2) is 66.4 Å². The summed E-state index contributed by atoms with van der Waals surface area (Å²) in [5.74, 6) is 1.32. The SMILES string of the molecule is COC1=C(c2ccccc2)[P@@](=O)(Cc2ccccc2)[C@H]2CCC[C@H]12. The van der Waals surface area contributed by atoms with E-state index in [1.165, 1.54) is 0 Å². The third kappa shape index (κ3) is 2.45. The Morgan fingerprint density at radius 3 is 2.33 bits per heavy atom. The van der Waals surface area contributed by atoms with E-state index >= 15 is 0 Å². The minimum Gasteiger partial charge on any atom is -0.500 e. The molecule has 1 saturated carbocycles. The van der Waals surface area contributed by atoms with Gasteiger partial charge in [0.1, 0.15) is 12.9 Å². The molecule has 1 heterocycles. The molecule has 2 nitrogen and oxygen atoms in total. The van der Waals surface area contributed by atoms with Crippen LogP contribution in [0, 0.1) is 5.92 Å². The third-order valence-electron chi connectivity index (χ3n) is 5.49. The Labute approximate surface area is 143 Å². The molecule has 1 aliphatic heterocycles. The highest BCUT2D eigenvalue weighted by Crippen LogP contribution is 2.75. The zero-order valence-corrected chi connectivity index (χ0v) is 14.9. The number of allylic oxidation sites excluding steroid dienone is 1. The van der Waals surface area contributed by atoms with Crippen molar-refractivity contribution in [2.24, 2.45) is 5.92 Å². The van der Waals surface area contributed by atoms with Gasteiger partial charge >= 0.3 is 0 Å². The van der Waals surface area contributed by atoms with Crippen LogP contribution in [0.4, 0.5) is 0 Å². The number of rotatable bonds is 4. The highest BCUT2D eigenvalue weighted by Gasteiger charge is 2.53. The van der Waals surface area contributed by atoms with E-state index < -0.39 is 7.14 Å². The van der Waals surface area contributed by atoms with Crippen molar-refractivity contribution in [1.29, 1.82) is 0 Å². The van der Waals surface area contributed by atoms with Crippen molar-refractivity contribution < 1.29 is 9.30 Å². The summed E-state index contributed by atoms with van der Waals surface area (Å²) in [5, 5.41) is 1.00. The lowest BCUT2D eigenvalue weighted by Crippen LogP contribution is -2.11. The summed E-state index contributed by atoms with van der Waals surface area (Å²) in [4.78, 5) is 0. The first-order valence-electron chi connectivity index (χ1n) is 8.71. The molecule has 0 radical (unpaired) electrons. The minimum absolute atomic E-state index is 0.253. The van der Waals surface area contributed by atoms with Crippen LogP contribution in [0.1, 0.15) is 30.4 Å². The van der Waals surface area contributed by atoms with Crippen molar-refractivity contribution in [3.63, 3.8) is 0 Å². The summed E-state index contributed by atoms with van der Waals surface area (Å²) in [6.45, 7) is 0. The Morgan fingerprint density at radius 1 is 1.00 bits per heavy atom. The van der Waals surface area contributed by atoms with E-state index in [1.807, 2.05) is 36.4 Å². The van der Waals surface area contributed by atoms with Crippen molar-refractivity contribution in [2.45, 2.75) is 31.1 Å². The van der Waals surface area contributed by atoms with Gasteiger partial charge in [0, 0.05) is 17.7 Å². The van der Waals surface area contributed by atoms with Crippen molar-refractivity contribution in [2.75, 3.05) is 7.11 Å². The van der Waals surface area contributed by atoms with Crippen molar-refractivity contribution in [1.82, 2.24) is 0 Å². The van der Waals surface area contributed by atoms with Crippen LogP contribution in [0.5, 0.6) is 0 Å². The summed E-state index contributed by atoms with van der Waals surface area (Å²) in [6, 6.07) is 20.5. The van der Waals surface area contributed by atoms with Gasteiger partial charge in [-0.1, -0.05) is 67.1 Å². The zero-order valence-electron chi connectivity index (χ0n) is 14.0. The summed E-state index contributed by atoms with van der Waals surface area (Å²) >= 11 is 0. The van der Waals surface area contributed by atoms with Gasteiger partial charge in [-0.2, -0.15) is 0 Å². The maximum atomic E-state index is 14.4. The molecule has 1 fully saturated rings. The fourth-order valence-electron chi connectivity index (χ4n) is 4.53. The molecule has 2 aromatic carbocycles. The molecule has 3 atom stereocenters. The molecule has 0 unspecified atom stereocenters. The zero-order chi connectivity index (χ0) is 16.6. The molecular weight excluding hydrogens is 315 g/mol. The lowest BCUT2D eigenvalue weighted by atomic mass is 10.0. The smallest absolute Gasteiger partial charge is 0.127 e. The topological polar surface area (TPSA) is 26.3 Å². The van der Waals surface area contributed by atoms with E-state index in [9.17, 15) is 4.57 Å². The second kappa shape index (κ2) is 6.26. The highest BCUT2D eigenvalue weighted by atomic mass is 31.2. The predicted molar refractivity (Wildman–Crippen MR) is 99.3 cm³/mol. The first-order valence-corrected chi connectivity index (χ1v) is 10.7. The summed E-state index contributed by atoms with van der Waals surface area (Å²) in [6.07, 6.45) is 3.95. The van der Waals surface area contributed by atoms with Crippen LogP contribution in [0.2, 0.25) is 0 Å². The van der Waals surface area contributed by atoms with Crippen LogP contribution in [0.25, 0.3) is 5.31 Å². The Balaban J connectivity index is 1.86. The maximum absolute atomic E-state index is 14.4. The van der Waals surface area contributed by atoms with Gasteiger partial charge in [-0.15, -0.1) is 0 Å². The van der Waals surface area contributed by atoms with Gasteiger partial charge in [0.2, 0.25) is 0 Å². The Morgan fingerprint density at radius 2 is 1.67 bits per heavy atom. The average Bonchev–Trinajstić information content (AvgIpc) is 3.18. The quantitative estimate of drug-likeness (QED) is 0.664. The number of hydrogen-bond donors (Lipinski definition) is 0. The van der Waals surface area contributed by atoms with Gasteiger partial charge in [-0.25, -0.2) is 0 Å². The maximum Gasteiger partial charge on any atom is 0.127 e. The van der Waals surface area contributed by atoms with Gasteiger partial charge in [-0.3, -0.25) is 0 Å². The molecule has 0 N–H and O–H groups in total. The van der Waals surface area contributed by atoms with E-state index in [4.69, 9.17) is 4.74 Å². The molecule has 1 aliphatic carbocycles. The lowest BCUT2D eigenvalue weighted by Gasteiger charge is -2.23. The van der Waals surface area contributed by atoms with Gasteiger partial charge < -0.3 is 9.30 Å². The molecule has 0 amide bonds. The van der Waals surface area contributed by atoms with Crippen LogP contribution in [-0.4, -0.2) is 12.8 Å². The van der Waals surface area contributed by atoms with Crippen molar-refractivity contribution in [3.05, 3.63) is 77.5 Å². The molecule has 0 spiro atoms. The molecule has 3 heteroatoms. The second-order valence-electron chi connectivity index (χ2n) is 6.83. The summed E-state index contributed by atoms with van der Waals surface area (Å²) < 4.78 is 20.2. The molecule has 4 rings (SSSR count). The fraction of sp³-hybridized carbons (Fsp3) is 0.333. The Hall–Kier alpha value is -1.79. The first-order chi connectivity index (χ1) is 11.7. The van der Waals surface area contributed by atoms with Gasteiger partial charge in [-0.05, 0) is 24.0 Å². The van der Waals surface area contributed by atoms with Crippen molar-refractivity contribution >= 4 is 12.5 Å². The molecule has 24 heavy (non-hydrogen) atoms. The molecule has 2 aromatic rings. The molecule has 2 aliphatic rings. The number of ether oxygens (including phenoxy) is 1. The monoisotopic (exact) mass is 338 g/mol. The highest BCUT2D eigenvalue weighted by molar-refractivity contribution is 7.74. The van der Waals surface area contributed by atoms with E-state index in [-0.39, 0.29) is 5.66 Å². The molecule has 0 saturated heterocycles. The number of benzene rings is 2. The van der Waals surface area contributed by atoms with E-state index in [0.29, 0.717) is 12.1 Å². The number of methoxy groups -OCH3 is 1. The lowest BCUT2D eigenvalue weighted by molar-refractivity contribution is 0.250. The first kappa shape index (κ1) is 15.7. The van der Waals surface area contributed by atoms with Crippen LogP contribution in [-0.2, 0) is 15.5 Å². The fourth-order valence-corrected chi connectivity index (χ4v) is 8.69. The standard InChI is InChI=1S/C21H23O2P/c1-23-20-18-13-8-14-19(18)24(22,15-16-9-4-2-5-10-16)21(20)17-11-6-3-7-12-17/h2-7,9-12,18-19H,8,13-15H2,1H3/t18-,19-,24+/m0/s1. The Kier molecular flexibility index (Phi) is 4.10. The van der Waals surface area contributed by atoms with Gasteiger partial charge in [0.25, 0.3) is 0 Å². The molecule has 0 bridgehead atoms. The van der Waals surface area contributed by atoms with Crippen LogP contribution >= 0.6 is 7.14 Å². The van der Waals surface area contributed by atoms with Gasteiger partial charge in [0.15, 0.2) is 0 Å². The van der Waals surface area contributed by atoms with E-state index in [0.717, 1.165) is 41.5 Å². The van der Waals surface area contributed by atoms with E-state index in [2.05, 4.69) is 24.3 Å². The normalized spacial score (nSPS) is 28.9. The molecule has 0 aromatic heterocycles. The summed E-state index contributed by atoms with van der Waals surface area (Å²) in [7, 11) is -0.804. The largest absolute Gasteiger partial charge is 0.500 e. The van der Waals surface area contributed by atoms with Crippen LogP contribution < -0.4 is 0 Å².